The third-order valence-corrected chi connectivity index (χ3v) is 3.68. The predicted octanol–water partition coefficient (Wildman–Crippen LogP) is 2.58. The van der Waals surface area contributed by atoms with Crippen molar-refractivity contribution in [3.05, 3.63) is 64.7 Å². The molecule has 110 valence electrons. The fourth-order valence-corrected chi connectivity index (χ4v) is 2.50. The lowest BCUT2D eigenvalue weighted by Crippen LogP contribution is -2.29. The predicted molar refractivity (Wildman–Crippen MR) is 80.1 cm³/mol. The van der Waals surface area contributed by atoms with E-state index in [1.54, 1.807) is 43.3 Å². The van der Waals surface area contributed by atoms with Crippen LogP contribution < -0.4 is 4.90 Å². The average molecular weight is 295 g/mol. The number of imide groups is 1. The molecule has 5 heteroatoms. The number of rotatable bonds is 2. The van der Waals surface area contributed by atoms with Crippen molar-refractivity contribution >= 4 is 23.5 Å². The number of anilines is 1. The Labute approximate surface area is 127 Å². The van der Waals surface area contributed by atoms with Crippen LogP contribution in [0.3, 0.4) is 0 Å². The monoisotopic (exact) mass is 295 g/mol. The Morgan fingerprint density at radius 3 is 2.14 bits per heavy atom. The number of nitrogens with zero attached hydrogens (tertiary/aromatic N) is 1. The summed E-state index contributed by atoms with van der Waals surface area (Å²) >= 11 is 0. The molecule has 0 atom stereocenters. The minimum atomic E-state index is -0.504. The standard InChI is InChI=1S/C17H13NO4/c1-10-7-8-11(9-14(10)17(21)22-2)18-15(19)12-5-3-4-6-13(12)16(18)20/h3-9H,1-2H3. The van der Waals surface area contributed by atoms with Gasteiger partial charge >= 0.3 is 5.97 Å². The van der Waals surface area contributed by atoms with E-state index >= 15 is 0 Å². The van der Waals surface area contributed by atoms with Gasteiger partial charge in [0.25, 0.3) is 11.8 Å². The maximum absolute atomic E-state index is 12.4. The summed E-state index contributed by atoms with van der Waals surface area (Å²) in [5, 5.41) is 0. The van der Waals surface area contributed by atoms with Crippen LogP contribution in [0.2, 0.25) is 0 Å². The van der Waals surface area contributed by atoms with E-state index in [9.17, 15) is 14.4 Å². The third kappa shape index (κ3) is 1.98. The first-order valence-corrected chi connectivity index (χ1v) is 6.71. The van der Waals surface area contributed by atoms with Gasteiger partial charge < -0.3 is 4.74 Å². The molecule has 22 heavy (non-hydrogen) atoms. The molecule has 1 aliphatic heterocycles. The van der Waals surface area contributed by atoms with Gasteiger partial charge in [-0.25, -0.2) is 9.69 Å². The molecule has 3 rings (SSSR count). The van der Waals surface area contributed by atoms with Gasteiger partial charge in [0.1, 0.15) is 0 Å². The van der Waals surface area contributed by atoms with E-state index in [0.29, 0.717) is 27.9 Å². The SMILES string of the molecule is COC(=O)c1cc(N2C(=O)c3ccccc3C2=O)ccc1C. The van der Waals surface area contributed by atoms with Crippen LogP contribution in [0.15, 0.2) is 42.5 Å². The first-order valence-electron chi connectivity index (χ1n) is 6.71. The fraction of sp³-hybridized carbons (Fsp3) is 0.118. The Morgan fingerprint density at radius 1 is 1.00 bits per heavy atom. The number of hydrogen-bond acceptors (Lipinski definition) is 4. The molecule has 2 aromatic rings. The van der Waals surface area contributed by atoms with Gasteiger partial charge in [0.05, 0.1) is 29.5 Å². The van der Waals surface area contributed by atoms with Gasteiger partial charge in [0, 0.05) is 0 Å². The number of fused-ring (bicyclic) bond motifs is 1. The van der Waals surface area contributed by atoms with Gasteiger partial charge in [-0.1, -0.05) is 18.2 Å². The highest BCUT2D eigenvalue weighted by Gasteiger charge is 2.36. The Kier molecular flexibility index (Phi) is 3.25. The van der Waals surface area contributed by atoms with Crippen LogP contribution in [0, 0.1) is 6.92 Å². The molecule has 0 aromatic heterocycles. The van der Waals surface area contributed by atoms with Crippen LogP contribution in [0.4, 0.5) is 5.69 Å². The molecule has 0 aliphatic carbocycles. The lowest BCUT2D eigenvalue weighted by Gasteiger charge is -2.15. The minimum absolute atomic E-state index is 0.330. The van der Waals surface area contributed by atoms with Gasteiger partial charge in [0.2, 0.25) is 0 Å². The van der Waals surface area contributed by atoms with Crippen molar-refractivity contribution in [2.24, 2.45) is 0 Å². The molecular weight excluding hydrogens is 282 g/mol. The number of hydrogen-bond donors (Lipinski definition) is 0. The molecule has 0 fully saturated rings. The lowest BCUT2D eigenvalue weighted by molar-refractivity contribution is 0.0599. The van der Waals surface area contributed by atoms with Crippen molar-refractivity contribution in [1.82, 2.24) is 0 Å². The summed E-state index contributed by atoms with van der Waals surface area (Å²) < 4.78 is 4.72. The average Bonchev–Trinajstić information content (AvgIpc) is 2.79. The molecule has 1 aliphatic rings. The summed E-state index contributed by atoms with van der Waals surface area (Å²) in [4.78, 5) is 37.7. The number of amides is 2. The van der Waals surface area contributed by atoms with Gasteiger partial charge in [-0.2, -0.15) is 0 Å². The Bertz CT molecular complexity index is 775. The van der Waals surface area contributed by atoms with E-state index in [1.165, 1.54) is 13.2 Å². The van der Waals surface area contributed by atoms with Gasteiger partial charge in [-0.15, -0.1) is 0 Å². The maximum atomic E-state index is 12.4. The van der Waals surface area contributed by atoms with Crippen LogP contribution in [-0.2, 0) is 4.74 Å². The van der Waals surface area contributed by atoms with E-state index in [1.807, 2.05) is 0 Å². The van der Waals surface area contributed by atoms with Gasteiger partial charge in [-0.05, 0) is 36.8 Å². The first kappa shape index (κ1) is 14.0. The molecule has 0 unspecified atom stereocenters. The zero-order valence-electron chi connectivity index (χ0n) is 12.1. The minimum Gasteiger partial charge on any atom is -0.465 e. The topological polar surface area (TPSA) is 63.7 Å². The molecule has 0 spiro atoms. The molecule has 0 N–H and O–H groups in total. The van der Waals surface area contributed by atoms with Gasteiger partial charge in [0.15, 0.2) is 0 Å². The normalized spacial score (nSPS) is 13.3. The number of methoxy groups -OCH3 is 1. The molecule has 1 heterocycles. The van der Waals surface area contributed by atoms with E-state index in [-0.39, 0.29) is 11.8 Å². The molecule has 0 bridgehead atoms. The summed E-state index contributed by atoms with van der Waals surface area (Å²) in [6.45, 7) is 1.76. The Morgan fingerprint density at radius 2 is 1.59 bits per heavy atom. The Hall–Kier alpha value is -2.95. The van der Waals surface area contributed by atoms with Crippen LogP contribution >= 0.6 is 0 Å². The number of ether oxygens (including phenoxy) is 1. The maximum Gasteiger partial charge on any atom is 0.338 e. The number of benzene rings is 2. The summed E-state index contributed by atoms with van der Waals surface area (Å²) in [6, 6.07) is 11.5. The summed E-state index contributed by atoms with van der Waals surface area (Å²) in [5.41, 5.74) is 2.14. The van der Waals surface area contributed by atoms with Crippen molar-refractivity contribution in [3.8, 4) is 0 Å². The van der Waals surface area contributed by atoms with Crippen molar-refractivity contribution in [3.63, 3.8) is 0 Å². The second-order valence-corrected chi connectivity index (χ2v) is 4.98. The number of aryl methyl sites for hydroxylation is 1. The fourth-order valence-electron chi connectivity index (χ4n) is 2.50. The largest absolute Gasteiger partial charge is 0.465 e. The van der Waals surface area contributed by atoms with E-state index in [4.69, 9.17) is 4.74 Å². The molecule has 5 nitrogen and oxygen atoms in total. The van der Waals surface area contributed by atoms with Crippen molar-refractivity contribution in [1.29, 1.82) is 0 Å². The highest BCUT2D eigenvalue weighted by Crippen LogP contribution is 2.29. The molecule has 0 saturated heterocycles. The second kappa shape index (κ2) is 5.11. The summed E-state index contributed by atoms with van der Waals surface area (Å²) in [5.74, 6) is -1.28. The van der Waals surface area contributed by atoms with Crippen LogP contribution in [-0.4, -0.2) is 24.9 Å². The number of carbonyl (C=O) groups is 3. The number of esters is 1. The highest BCUT2D eigenvalue weighted by molar-refractivity contribution is 6.34. The van der Waals surface area contributed by atoms with Crippen molar-refractivity contribution in [2.75, 3.05) is 12.0 Å². The lowest BCUT2D eigenvalue weighted by atomic mass is 10.1. The highest BCUT2D eigenvalue weighted by atomic mass is 16.5. The Balaban J connectivity index is 2.08. The zero-order chi connectivity index (χ0) is 15.9. The molecule has 0 radical (unpaired) electrons. The van der Waals surface area contributed by atoms with E-state index in [0.717, 1.165) is 4.90 Å². The first-order chi connectivity index (χ1) is 10.5. The smallest absolute Gasteiger partial charge is 0.338 e. The van der Waals surface area contributed by atoms with E-state index in [2.05, 4.69) is 0 Å². The van der Waals surface area contributed by atoms with Crippen LogP contribution in [0.5, 0.6) is 0 Å². The zero-order valence-corrected chi connectivity index (χ0v) is 12.1. The van der Waals surface area contributed by atoms with Gasteiger partial charge in [-0.3, -0.25) is 9.59 Å². The molecular formula is C17H13NO4. The molecule has 2 aromatic carbocycles. The number of carbonyl (C=O) groups excluding carboxylic acids is 3. The van der Waals surface area contributed by atoms with Crippen molar-refractivity contribution in [2.45, 2.75) is 6.92 Å². The van der Waals surface area contributed by atoms with Crippen LogP contribution in [0.1, 0.15) is 36.6 Å². The van der Waals surface area contributed by atoms with Crippen molar-refractivity contribution < 1.29 is 19.1 Å². The second-order valence-electron chi connectivity index (χ2n) is 4.98. The molecule has 0 saturated carbocycles. The summed E-state index contributed by atoms with van der Waals surface area (Å²) in [7, 11) is 1.29. The molecule has 2 amide bonds. The summed E-state index contributed by atoms with van der Waals surface area (Å²) in [6.07, 6.45) is 0. The van der Waals surface area contributed by atoms with Crippen LogP contribution in [0.25, 0.3) is 0 Å². The van der Waals surface area contributed by atoms with E-state index < -0.39 is 5.97 Å². The third-order valence-electron chi connectivity index (χ3n) is 3.68. The quantitative estimate of drug-likeness (QED) is 0.631.